The normalized spacial score (nSPS) is 27.0. The average molecular weight is 625 g/mol. The lowest BCUT2D eigenvalue weighted by Crippen LogP contribution is -2.55. The SMILES string of the molecule is C=CC(=O)N1CCN(c2nc(OCC3(C4CCCN4C)CC3C)nc3c2CCN(c2cccc(Cl)c2Cl)C3)C[C@@H]1CC#N. The fraction of sp³-hybridized carbons (Fsp3) is 0.562. The molecule has 0 bridgehead atoms. The third-order valence-corrected chi connectivity index (χ3v) is 10.8. The molecule has 2 saturated heterocycles. The summed E-state index contributed by atoms with van der Waals surface area (Å²) in [6.45, 7) is 10.6. The Morgan fingerprint density at radius 3 is 2.74 bits per heavy atom. The zero-order valence-electron chi connectivity index (χ0n) is 24.9. The van der Waals surface area contributed by atoms with Gasteiger partial charge in [-0.25, -0.2) is 0 Å². The lowest BCUT2D eigenvalue weighted by molar-refractivity contribution is -0.128. The number of halogens is 2. The summed E-state index contributed by atoms with van der Waals surface area (Å²) in [6.07, 6.45) is 5.85. The molecular weight excluding hydrogens is 585 g/mol. The molecule has 11 heteroatoms. The van der Waals surface area contributed by atoms with Crippen LogP contribution in [0.3, 0.4) is 0 Å². The van der Waals surface area contributed by atoms with Crippen LogP contribution in [0.5, 0.6) is 6.01 Å². The number of carbonyl (C=O) groups is 1. The minimum absolute atomic E-state index is 0.125. The van der Waals surface area contributed by atoms with Gasteiger partial charge < -0.3 is 24.3 Å². The molecule has 3 aliphatic heterocycles. The number of benzene rings is 1. The average Bonchev–Trinajstić information content (AvgIpc) is 3.46. The molecule has 3 fully saturated rings. The minimum Gasteiger partial charge on any atom is -0.463 e. The number of hydrogen-bond acceptors (Lipinski definition) is 8. The molecular formula is C32H39Cl2N7O2. The van der Waals surface area contributed by atoms with Crippen molar-refractivity contribution >= 4 is 40.6 Å². The third kappa shape index (κ3) is 5.65. The van der Waals surface area contributed by atoms with Gasteiger partial charge >= 0.3 is 6.01 Å². The van der Waals surface area contributed by atoms with Crippen molar-refractivity contribution in [2.24, 2.45) is 11.3 Å². The van der Waals surface area contributed by atoms with Gasteiger partial charge in [-0.05, 0) is 63.4 Å². The number of anilines is 2. The first-order chi connectivity index (χ1) is 20.8. The zero-order chi connectivity index (χ0) is 30.3. The van der Waals surface area contributed by atoms with E-state index < -0.39 is 0 Å². The number of likely N-dealkylation sites (tertiary alicyclic amines) is 1. The van der Waals surface area contributed by atoms with Crippen LogP contribution in [-0.2, 0) is 17.8 Å². The number of amides is 1. The van der Waals surface area contributed by atoms with E-state index in [1.165, 1.54) is 18.9 Å². The number of nitrogens with zero attached hydrogens (tertiary/aromatic N) is 7. The largest absolute Gasteiger partial charge is 0.463 e. The standard InChI is InChI=1S/C32H39Cl2N7O2/c1-4-28(42)41-16-15-40(18-22(41)10-12-35)30-23-11-14-39(26-8-5-7-24(33)29(26)34)19-25(23)36-31(37-30)43-20-32(17-21(32)2)27-9-6-13-38(27)3/h4-5,7-8,21-22,27H,1,6,9-11,13-20H2,2-3H3/t21?,22-,27?,32?/m0/s1. The van der Waals surface area contributed by atoms with E-state index in [2.05, 4.69) is 41.3 Å². The molecule has 228 valence electrons. The smallest absolute Gasteiger partial charge is 0.318 e. The van der Waals surface area contributed by atoms with Crippen LogP contribution in [0.1, 0.15) is 43.9 Å². The molecule has 0 radical (unpaired) electrons. The molecule has 0 N–H and O–H groups in total. The molecule has 43 heavy (non-hydrogen) atoms. The second-order valence-electron chi connectivity index (χ2n) is 12.5. The highest BCUT2D eigenvalue weighted by Gasteiger charge is 2.59. The monoisotopic (exact) mass is 623 g/mol. The van der Waals surface area contributed by atoms with Crippen LogP contribution in [-0.4, -0.2) is 84.1 Å². The van der Waals surface area contributed by atoms with E-state index in [1.54, 1.807) is 11.0 Å². The van der Waals surface area contributed by atoms with Crippen LogP contribution >= 0.6 is 23.2 Å². The third-order valence-electron chi connectivity index (χ3n) is 10.0. The number of nitriles is 1. The summed E-state index contributed by atoms with van der Waals surface area (Å²) in [5.74, 6) is 1.28. The number of hydrogen-bond donors (Lipinski definition) is 0. The van der Waals surface area contributed by atoms with Gasteiger partial charge in [0, 0.05) is 43.2 Å². The molecule has 2 aromatic rings. The highest BCUT2D eigenvalue weighted by Crippen LogP contribution is 2.58. The Morgan fingerprint density at radius 1 is 1.23 bits per heavy atom. The minimum atomic E-state index is -0.252. The van der Waals surface area contributed by atoms with Gasteiger partial charge in [-0.2, -0.15) is 15.2 Å². The molecule has 6 rings (SSSR count). The van der Waals surface area contributed by atoms with Gasteiger partial charge in [-0.15, -0.1) is 0 Å². The molecule has 1 saturated carbocycles. The van der Waals surface area contributed by atoms with Gasteiger partial charge in [-0.3, -0.25) is 4.79 Å². The molecule has 1 aromatic heterocycles. The Morgan fingerprint density at radius 2 is 2.05 bits per heavy atom. The van der Waals surface area contributed by atoms with E-state index in [-0.39, 0.29) is 23.8 Å². The molecule has 9 nitrogen and oxygen atoms in total. The Hall–Kier alpha value is -3.06. The first-order valence-corrected chi connectivity index (χ1v) is 16.0. The number of ether oxygens (including phenoxy) is 1. The van der Waals surface area contributed by atoms with E-state index in [0.717, 1.165) is 48.7 Å². The van der Waals surface area contributed by atoms with E-state index in [0.29, 0.717) is 60.8 Å². The fourth-order valence-corrected chi connectivity index (χ4v) is 7.92. The van der Waals surface area contributed by atoms with Crippen molar-refractivity contribution < 1.29 is 9.53 Å². The first-order valence-electron chi connectivity index (χ1n) is 15.2. The van der Waals surface area contributed by atoms with E-state index >= 15 is 0 Å². The first kappa shape index (κ1) is 30.0. The summed E-state index contributed by atoms with van der Waals surface area (Å²) in [5.41, 5.74) is 2.98. The van der Waals surface area contributed by atoms with Gasteiger partial charge in [0.25, 0.3) is 0 Å². The summed E-state index contributed by atoms with van der Waals surface area (Å²) in [6, 6.07) is 8.59. The predicted molar refractivity (Wildman–Crippen MR) is 169 cm³/mol. The molecule has 4 heterocycles. The van der Waals surface area contributed by atoms with Crippen LogP contribution in [0.25, 0.3) is 0 Å². The molecule has 4 atom stereocenters. The van der Waals surface area contributed by atoms with Crippen molar-refractivity contribution in [2.45, 2.75) is 57.7 Å². The Balaban J connectivity index is 1.32. The number of piperazine rings is 1. The highest BCUT2D eigenvalue weighted by molar-refractivity contribution is 6.43. The lowest BCUT2D eigenvalue weighted by Gasteiger charge is -2.42. The summed E-state index contributed by atoms with van der Waals surface area (Å²) >= 11 is 13.0. The van der Waals surface area contributed by atoms with Gasteiger partial charge in [0.2, 0.25) is 5.91 Å². The number of carbonyl (C=O) groups excluding carboxylic acids is 1. The van der Waals surface area contributed by atoms with E-state index in [1.807, 2.05) is 12.1 Å². The van der Waals surface area contributed by atoms with Gasteiger partial charge in [0.15, 0.2) is 0 Å². The van der Waals surface area contributed by atoms with Crippen LogP contribution in [0.4, 0.5) is 11.5 Å². The molecule has 0 spiro atoms. The topological polar surface area (TPSA) is 88.8 Å². The summed E-state index contributed by atoms with van der Waals surface area (Å²) < 4.78 is 6.53. The van der Waals surface area contributed by atoms with Crippen LogP contribution < -0.4 is 14.5 Å². The Labute approximate surface area is 264 Å². The van der Waals surface area contributed by atoms with Crippen LogP contribution in [0, 0.1) is 22.7 Å². The van der Waals surface area contributed by atoms with Crippen molar-refractivity contribution in [3.8, 4) is 12.1 Å². The quantitative estimate of drug-likeness (QED) is 0.381. The maximum Gasteiger partial charge on any atom is 0.318 e. The molecule has 4 aliphatic rings. The molecule has 1 aliphatic carbocycles. The van der Waals surface area contributed by atoms with Crippen molar-refractivity contribution in [1.29, 1.82) is 5.26 Å². The zero-order valence-corrected chi connectivity index (χ0v) is 26.4. The lowest BCUT2D eigenvalue weighted by atomic mass is 9.93. The van der Waals surface area contributed by atoms with Crippen LogP contribution in [0.2, 0.25) is 10.0 Å². The Kier molecular flexibility index (Phi) is 8.47. The van der Waals surface area contributed by atoms with Crippen molar-refractivity contribution in [3.05, 3.63) is 52.2 Å². The number of rotatable bonds is 8. The summed E-state index contributed by atoms with van der Waals surface area (Å²) in [4.78, 5) is 31.2. The van der Waals surface area contributed by atoms with E-state index in [9.17, 15) is 10.1 Å². The van der Waals surface area contributed by atoms with Crippen molar-refractivity contribution in [3.63, 3.8) is 0 Å². The van der Waals surface area contributed by atoms with Crippen molar-refractivity contribution in [1.82, 2.24) is 19.8 Å². The highest BCUT2D eigenvalue weighted by atomic mass is 35.5. The maximum absolute atomic E-state index is 12.6. The van der Waals surface area contributed by atoms with Gasteiger partial charge in [0.1, 0.15) is 5.82 Å². The van der Waals surface area contributed by atoms with Crippen molar-refractivity contribution in [2.75, 3.05) is 56.2 Å². The predicted octanol–water partition coefficient (Wildman–Crippen LogP) is 4.96. The second-order valence-corrected chi connectivity index (χ2v) is 13.2. The molecule has 1 aromatic carbocycles. The maximum atomic E-state index is 12.6. The fourth-order valence-electron chi connectivity index (χ4n) is 7.50. The van der Waals surface area contributed by atoms with Gasteiger partial charge in [0.05, 0.1) is 53.1 Å². The number of fused-ring (bicyclic) bond motifs is 1. The summed E-state index contributed by atoms with van der Waals surface area (Å²) in [5, 5.41) is 10.6. The molecule has 1 amide bonds. The molecule has 3 unspecified atom stereocenters. The van der Waals surface area contributed by atoms with Crippen LogP contribution in [0.15, 0.2) is 30.9 Å². The van der Waals surface area contributed by atoms with Gasteiger partial charge in [-0.1, -0.05) is 42.8 Å². The van der Waals surface area contributed by atoms with E-state index in [4.69, 9.17) is 37.9 Å². The summed E-state index contributed by atoms with van der Waals surface area (Å²) in [7, 11) is 2.22. The second kappa shape index (κ2) is 12.1. The number of aromatic nitrogens is 2. The Bertz CT molecular complexity index is 1450.